The number of phenols is 1. The van der Waals surface area contributed by atoms with E-state index < -0.39 is 12.1 Å². The zero-order valence-corrected chi connectivity index (χ0v) is 25.5. The van der Waals surface area contributed by atoms with Crippen molar-refractivity contribution in [1.29, 1.82) is 0 Å². The van der Waals surface area contributed by atoms with E-state index in [1.165, 1.54) is 5.56 Å². The monoisotopic (exact) mass is 597 g/mol. The van der Waals surface area contributed by atoms with Crippen LogP contribution in [0.1, 0.15) is 68.6 Å². The van der Waals surface area contributed by atoms with Crippen LogP contribution in [0.25, 0.3) is 11.0 Å². The van der Waals surface area contributed by atoms with Crippen molar-refractivity contribution in [3.63, 3.8) is 0 Å². The van der Waals surface area contributed by atoms with Gasteiger partial charge in [-0.2, -0.15) is 13.2 Å². The number of nitrogens with zero attached hydrogens (tertiary/aromatic N) is 3. The number of ketones is 1. The number of imidazole rings is 1. The number of phenolic OH excluding ortho intramolecular Hbond substituents is 1. The number of alkyl halides is 3. The first-order valence-corrected chi connectivity index (χ1v) is 13.7. The Morgan fingerprint density at radius 3 is 1.65 bits per heavy atom. The first-order chi connectivity index (χ1) is 19.9. The van der Waals surface area contributed by atoms with E-state index in [2.05, 4.69) is 69.3 Å². The number of Topliss-reactive ketones (excluding diaryl/α,β-unsaturated/α-hetero) is 1. The molecule has 10 heteroatoms. The van der Waals surface area contributed by atoms with Crippen molar-refractivity contribution >= 4 is 22.8 Å². The fourth-order valence-electron chi connectivity index (χ4n) is 4.77. The molecular weight excluding hydrogens is 559 g/mol. The Bertz CT molecular complexity index is 1650. The average molecular weight is 598 g/mol. The number of halogens is 3. The number of aromatic hydroxyl groups is 1. The van der Waals surface area contributed by atoms with Crippen molar-refractivity contribution in [3.8, 4) is 5.75 Å². The third-order valence-corrected chi connectivity index (χ3v) is 6.92. The zero-order valence-electron chi connectivity index (χ0n) is 25.5. The second-order valence-corrected chi connectivity index (χ2v) is 12.3. The van der Waals surface area contributed by atoms with Crippen LogP contribution in [0.4, 0.5) is 13.2 Å². The number of aliphatic carboxylic acids is 1. The summed E-state index contributed by atoms with van der Waals surface area (Å²) < 4.78 is 35.9. The summed E-state index contributed by atoms with van der Waals surface area (Å²) in [6.07, 6.45) is -5.08. The van der Waals surface area contributed by atoms with Crippen molar-refractivity contribution < 1.29 is 33.0 Å². The lowest BCUT2D eigenvalue weighted by molar-refractivity contribution is -0.192. The average Bonchev–Trinajstić information content (AvgIpc) is 3.19. The minimum atomic E-state index is -5.08. The molecule has 0 atom stereocenters. The molecule has 0 aliphatic rings. The van der Waals surface area contributed by atoms with Crippen LogP contribution in [-0.4, -0.2) is 44.3 Å². The first kappa shape index (κ1) is 33.2. The number of fused-ring (bicyclic) bond motifs is 1. The summed E-state index contributed by atoms with van der Waals surface area (Å²) in [6.45, 7) is 13.2. The number of carboxylic acid groups (broad SMARTS) is 1. The minimum Gasteiger partial charge on any atom is -0.507 e. The normalized spacial score (nSPS) is 12.7. The standard InChI is InChI=1S/C31H37N3O2.C2HF3O2/c1-30(2,3)23-17-22(18-24(28(23)36)31(4,5)6)27(35)20-34-26-16-12-11-15-25(26)33(29(34)32-7)19-21-13-9-8-10-14-21;3-2(4,5)1(6)7/h8-18,36H,19-20H2,1-7H3;(H,6,7)/b32-29+;. The highest BCUT2D eigenvalue weighted by molar-refractivity contribution is 5.97. The molecule has 0 unspecified atom stereocenters. The van der Waals surface area contributed by atoms with E-state index in [4.69, 9.17) is 9.90 Å². The number of carbonyl (C=O) groups is 2. The molecule has 4 aromatic rings. The molecule has 0 spiro atoms. The molecule has 1 aromatic heterocycles. The van der Waals surface area contributed by atoms with Crippen LogP contribution >= 0.6 is 0 Å². The van der Waals surface area contributed by atoms with Crippen molar-refractivity contribution in [2.45, 2.75) is 71.6 Å². The summed E-state index contributed by atoms with van der Waals surface area (Å²) in [5.41, 5.74) is 5.50. The van der Waals surface area contributed by atoms with Gasteiger partial charge in [0.1, 0.15) is 5.75 Å². The molecule has 0 aliphatic heterocycles. The number of hydrogen-bond acceptors (Lipinski definition) is 4. The highest BCUT2D eigenvalue weighted by atomic mass is 19.4. The Morgan fingerprint density at radius 1 is 0.791 bits per heavy atom. The number of benzene rings is 3. The molecule has 0 saturated carbocycles. The second-order valence-electron chi connectivity index (χ2n) is 12.3. The van der Waals surface area contributed by atoms with Crippen LogP contribution in [0.5, 0.6) is 5.75 Å². The maximum absolute atomic E-state index is 13.8. The highest BCUT2D eigenvalue weighted by Gasteiger charge is 2.38. The van der Waals surface area contributed by atoms with Gasteiger partial charge in [0.2, 0.25) is 5.62 Å². The van der Waals surface area contributed by atoms with Gasteiger partial charge in [-0.1, -0.05) is 84.0 Å². The fourth-order valence-corrected chi connectivity index (χ4v) is 4.77. The lowest BCUT2D eigenvalue weighted by atomic mass is 9.78. The van der Waals surface area contributed by atoms with Crippen molar-refractivity contribution in [3.05, 3.63) is 94.6 Å². The van der Waals surface area contributed by atoms with Gasteiger partial charge in [-0.25, -0.2) is 4.79 Å². The molecule has 1 heterocycles. The zero-order chi connectivity index (χ0) is 32.3. The van der Waals surface area contributed by atoms with Crippen molar-refractivity contribution in [1.82, 2.24) is 9.13 Å². The van der Waals surface area contributed by atoms with E-state index in [1.807, 2.05) is 53.1 Å². The first-order valence-electron chi connectivity index (χ1n) is 13.7. The van der Waals surface area contributed by atoms with Gasteiger partial charge in [0, 0.05) is 23.7 Å². The number of hydrogen-bond donors (Lipinski definition) is 2. The van der Waals surface area contributed by atoms with Gasteiger partial charge in [0.05, 0.1) is 24.1 Å². The molecule has 230 valence electrons. The van der Waals surface area contributed by atoms with Gasteiger partial charge < -0.3 is 19.3 Å². The highest BCUT2D eigenvalue weighted by Crippen LogP contribution is 2.40. The molecule has 0 saturated heterocycles. The van der Waals surface area contributed by atoms with Crippen molar-refractivity contribution in [2.75, 3.05) is 7.05 Å². The second kappa shape index (κ2) is 12.5. The van der Waals surface area contributed by atoms with Crippen LogP contribution < -0.4 is 5.62 Å². The molecule has 2 N–H and O–H groups in total. The molecule has 0 aliphatic carbocycles. The van der Waals surface area contributed by atoms with Gasteiger partial charge in [-0.05, 0) is 40.7 Å². The third kappa shape index (κ3) is 7.74. The largest absolute Gasteiger partial charge is 0.507 e. The third-order valence-electron chi connectivity index (χ3n) is 6.92. The van der Waals surface area contributed by atoms with Gasteiger partial charge >= 0.3 is 12.1 Å². The Balaban J connectivity index is 0.000000646. The van der Waals surface area contributed by atoms with E-state index >= 15 is 0 Å². The van der Waals surface area contributed by atoms with E-state index in [0.29, 0.717) is 12.1 Å². The van der Waals surface area contributed by atoms with Crippen LogP contribution in [-0.2, 0) is 28.7 Å². The predicted octanol–water partition coefficient (Wildman–Crippen LogP) is 6.84. The predicted molar refractivity (Wildman–Crippen MR) is 160 cm³/mol. The van der Waals surface area contributed by atoms with E-state index in [1.54, 1.807) is 7.05 Å². The number of rotatable bonds is 5. The summed E-state index contributed by atoms with van der Waals surface area (Å²) >= 11 is 0. The molecule has 0 bridgehead atoms. The lowest BCUT2D eigenvalue weighted by Crippen LogP contribution is -2.29. The van der Waals surface area contributed by atoms with Crippen LogP contribution in [0, 0.1) is 0 Å². The number of para-hydroxylation sites is 2. The summed E-state index contributed by atoms with van der Waals surface area (Å²) in [6, 6.07) is 22.1. The van der Waals surface area contributed by atoms with E-state index in [0.717, 1.165) is 27.8 Å². The molecule has 7 nitrogen and oxygen atoms in total. The Morgan fingerprint density at radius 2 is 1.23 bits per heavy atom. The molecule has 4 rings (SSSR count). The number of carbonyl (C=O) groups excluding carboxylic acids is 1. The lowest BCUT2D eigenvalue weighted by Gasteiger charge is -2.28. The summed E-state index contributed by atoms with van der Waals surface area (Å²) in [5, 5.41) is 18.2. The molecular formula is C33H38F3N3O4. The van der Waals surface area contributed by atoms with Crippen LogP contribution in [0.2, 0.25) is 0 Å². The van der Waals surface area contributed by atoms with Gasteiger partial charge in [-0.3, -0.25) is 9.79 Å². The van der Waals surface area contributed by atoms with E-state index in [9.17, 15) is 23.1 Å². The topological polar surface area (TPSA) is 96.8 Å². The molecule has 0 radical (unpaired) electrons. The smallest absolute Gasteiger partial charge is 0.490 e. The summed E-state index contributed by atoms with van der Waals surface area (Å²) in [5.74, 6) is -2.49. The minimum absolute atomic E-state index is 0.0106. The van der Waals surface area contributed by atoms with Gasteiger partial charge in [0.25, 0.3) is 0 Å². The van der Waals surface area contributed by atoms with Gasteiger partial charge in [0.15, 0.2) is 5.78 Å². The Hall–Kier alpha value is -4.34. The molecule has 3 aromatic carbocycles. The summed E-state index contributed by atoms with van der Waals surface area (Å²) in [7, 11) is 1.77. The molecule has 0 amide bonds. The quantitative estimate of drug-likeness (QED) is 0.246. The summed E-state index contributed by atoms with van der Waals surface area (Å²) in [4.78, 5) is 27.3. The SMILES string of the molecule is C/N=c1/n(CC(=O)c2cc(C(C)(C)C)c(O)c(C(C)(C)C)c2)c2ccccc2n1Cc1ccccc1.O=C(O)C(F)(F)F. The van der Waals surface area contributed by atoms with E-state index in [-0.39, 0.29) is 28.9 Å². The number of carboxylic acids is 1. The van der Waals surface area contributed by atoms with Crippen LogP contribution in [0.3, 0.4) is 0 Å². The van der Waals surface area contributed by atoms with Crippen LogP contribution in [0.15, 0.2) is 71.7 Å². The van der Waals surface area contributed by atoms with Crippen molar-refractivity contribution in [2.24, 2.45) is 4.99 Å². The van der Waals surface area contributed by atoms with Gasteiger partial charge in [-0.15, -0.1) is 0 Å². The Kier molecular flexibility index (Phi) is 9.63. The maximum atomic E-state index is 13.8. The molecule has 43 heavy (non-hydrogen) atoms. The fraction of sp³-hybridized carbons (Fsp3) is 0.364. The molecule has 0 fully saturated rings. The maximum Gasteiger partial charge on any atom is 0.490 e. The number of aromatic nitrogens is 2. The Labute approximate surface area is 248 Å².